The Hall–Kier alpha value is -2.63. The molecule has 2 aromatic rings. The van der Waals surface area contributed by atoms with E-state index in [4.69, 9.17) is 5.11 Å². The highest BCUT2D eigenvalue weighted by molar-refractivity contribution is 5.95. The van der Waals surface area contributed by atoms with E-state index in [1.165, 1.54) is 0 Å². The van der Waals surface area contributed by atoms with E-state index in [1.807, 2.05) is 38.1 Å². The number of benzene rings is 1. The minimum absolute atomic E-state index is 0.0325. The maximum absolute atomic E-state index is 12.5. The first kappa shape index (κ1) is 17.7. The molecule has 1 aromatic carbocycles. The van der Waals surface area contributed by atoms with Gasteiger partial charge in [-0.15, -0.1) is 0 Å². The number of aliphatic carboxylic acids is 1. The van der Waals surface area contributed by atoms with E-state index in [-0.39, 0.29) is 18.4 Å². The number of amides is 1. The molecule has 0 saturated carbocycles. The Morgan fingerprint density at radius 3 is 2.54 bits per heavy atom. The Balaban J connectivity index is 2.17. The van der Waals surface area contributed by atoms with Crippen LogP contribution in [0.4, 0.5) is 0 Å². The molecule has 0 aliphatic rings. The average Bonchev–Trinajstić information content (AvgIpc) is 2.97. The van der Waals surface area contributed by atoms with E-state index in [0.717, 1.165) is 16.9 Å². The van der Waals surface area contributed by atoms with E-state index in [2.05, 4.69) is 10.4 Å². The first-order valence-electron chi connectivity index (χ1n) is 8.09. The zero-order chi connectivity index (χ0) is 17.7. The molecule has 6 heteroatoms. The lowest BCUT2D eigenvalue weighted by Gasteiger charge is -2.13. The predicted molar refractivity (Wildman–Crippen MR) is 91.5 cm³/mol. The van der Waals surface area contributed by atoms with E-state index in [1.54, 1.807) is 17.8 Å². The van der Waals surface area contributed by atoms with Crippen LogP contribution in [0.15, 0.2) is 30.5 Å². The van der Waals surface area contributed by atoms with Crippen molar-refractivity contribution in [3.63, 3.8) is 0 Å². The van der Waals surface area contributed by atoms with Gasteiger partial charge < -0.3 is 10.4 Å². The standard InChI is InChI=1S/C18H23N3O3/c1-4-16-15(18(24)20-13(3)7-10-17(22)23)11-19-21(16)14-8-5-12(2)6-9-14/h5-6,8-9,11,13H,4,7,10H2,1-3H3,(H,20,24)(H,22,23)/t13-/m0/s1. The number of carbonyl (C=O) groups is 2. The van der Waals surface area contributed by atoms with Crippen LogP contribution in [0.25, 0.3) is 5.69 Å². The largest absolute Gasteiger partial charge is 0.481 e. The van der Waals surface area contributed by atoms with E-state index in [9.17, 15) is 9.59 Å². The van der Waals surface area contributed by atoms with Gasteiger partial charge in [0.2, 0.25) is 0 Å². The van der Waals surface area contributed by atoms with Crippen molar-refractivity contribution in [3.8, 4) is 5.69 Å². The highest BCUT2D eigenvalue weighted by Crippen LogP contribution is 2.17. The van der Waals surface area contributed by atoms with Crippen LogP contribution in [0.3, 0.4) is 0 Å². The SMILES string of the molecule is CCc1c(C(=O)N[C@@H](C)CCC(=O)O)cnn1-c1ccc(C)cc1. The molecule has 1 aromatic heterocycles. The number of carbonyl (C=O) groups excluding carboxylic acids is 1. The van der Waals surface area contributed by atoms with Crippen LogP contribution in [0, 0.1) is 6.92 Å². The minimum atomic E-state index is -0.863. The number of hydrogen-bond acceptors (Lipinski definition) is 3. The highest BCUT2D eigenvalue weighted by atomic mass is 16.4. The van der Waals surface area contributed by atoms with Gasteiger partial charge in [0, 0.05) is 12.5 Å². The Kier molecular flexibility index (Phi) is 5.73. The van der Waals surface area contributed by atoms with Gasteiger partial charge in [0.1, 0.15) is 0 Å². The van der Waals surface area contributed by atoms with Crippen molar-refractivity contribution in [2.45, 2.75) is 46.1 Å². The molecule has 0 spiro atoms. The zero-order valence-electron chi connectivity index (χ0n) is 14.2. The van der Waals surface area contributed by atoms with Gasteiger partial charge in [0.15, 0.2) is 0 Å². The van der Waals surface area contributed by atoms with E-state index >= 15 is 0 Å². The molecule has 0 bridgehead atoms. The second-order valence-corrected chi connectivity index (χ2v) is 5.91. The van der Waals surface area contributed by atoms with Crippen molar-refractivity contribution in [1.29, 1.82) is 0 Å². The van der Waals surface area contributed by atoms with Crippen molar-refractivity contribution in [2.24, 2.45) is 0 Å². The number of aryl methyl sites for hydroxylation is 1. The highest BCUT2D eigenvalue weighted by Gasteiger charge is 2.18. The molecule has 128 valence electrons. The van der Waals surface area contributed by atoms with Gasteiger partial charge in [0.05, 0.1) is 23.1 Å². The fourth-order valence-corrected chi connectivity index (χ4v) is 2.53. The Morgan fingerprint density at radius 2 is 1.96 bits per heavy atom. The second-order valence-electron chi connectivity index (χ2n) is 5.91. The molecule has 0 unspecified atom stereocenters. The molecule has 0 saturated heterocycles. The Morgan fingerprint density at radius 1 is 1.29 bits per heavy atom. The molecule has 0 aliphatic heterocycles. The first-order chi connectivity index (χ1) is 11.4. The summed E-state index contributed by atoms with van der Waals surface area (Å²) in [5.74, 6) is -1.08. The average molecular weight is 329 g/mol. The van der Waals surface area contributed by atoms with Crippen molar-refractivity contribution in [2.75, 3.05) is 0 Å². The summed E-state index contributed by atoms with van der Waals surface area (Å²) in [7, 11) is 0. The van der Waals surface area contributed by atoms with Crippen LogP contribution >= 0.6 is 0 Å². The molecule has 1 amide bonds. The Labute approximate surface area is 141 Å². The third kappa shape index (κ3) is 4.22. The molecule has 2 N–H and O–H groups in total. The minimum Gasteiger partial charge on any atom is -0.481 e. The van der Waals surface area contributed by atoms with Crippen molar-refractivity contribution in [1.82, 2.24) is 15.1 Å². The number of rotatable bonds is 7. The van der Waals surface area contributed by atoms with Crippen LogP contribution in [0.2, 0.25) is 0 Å². The van der Waals surface area contributed by atoms with E-state index in [0.29, 0.717) is 18.4 Å². The van der Waals surface area contributed by atoms with Gasteiger partial charge in [-0.05, 0) is 38.8 Å². The Bertz CT molecular complexity index is 720. The maximum Gasteiger partial charge on any atom is 0.303 e. The summed E-state index contributed by atoms with van der Waals surface area (Å²) in [6.07, 6.45) is 2.66. The number of carboxylic acid groups (broad SMARTS) is 1. The third-order valence-electron chi connectivity index (χ3n) is 3.90. The van der Waals surface area contributed by atoms with Crippen LogP contribution in [-0.2, 0) is 11.2 Å². The fraction of sp³-hybridized carbons (Fsp3) is 0.389. The van der Waals surface area contributed by atoms with Crippen LogP contribution < -0.4 is 5.32 Å². The van der Waals surface area contributed by atoms with Gasteiger partial charge in [0.25, 0.3) is 5.91 Å². The van der Waals surface area contributed by atoms with Crippen LogP contribution in [0.1, 0.15) is 48.3 Å². The quantitative estimate of drug-likeness (QED) is 0.818. The van der Waals surface area contributed by atoms with E-state index < -0.39 is 5.97 Å². The molecular formula is C18H23N3O3. The summed E-state index contributed by atoms with van der Waals surface area (Å²) in [5.41, 5.74) is 3.44. The first-order valence-corrected chi connectivity index (χ1v) is 8.09. The third-order valence-corrected chi connectivity index (χ3v) is 3.90. The fourth-order valence-electron chi connectivity index (χ4n) is 2.53. The zero-order valence-corrected chi connectivity index (χ0v) is 14.2. The second kappa shape index (κ2) is 7.77. The van der Waals surface area contributed by atoms with Crippen LogP contribution in [0.5, 0.6) is 0 Å². The van der Waals surface area contributed by atoms with Crippen molar-refractivity contribution >= 4 is 11.9 Å². The predicted octanol–water partition coefficient (Wildman–Crippen LogP) is 2.73. The monoisotopic (exact) mass is 329 g/mol. The lowest BCUT2D eigenvalue weighted by Crippen LogP contribution is -2.33. The summed E-state index contributed by atoms with van der Waals surface area (Å²) >= 11 is 0. The van der Waals surface area contributed by atoms with Crippen LogP contribution in [-0.4, -0.2) is 32.8 Å². The topological polar surface area (TPSA) is 84.2 Å². The van der Waals surface area contributed by atoms with Crippen molar-refractivity contribution in [3.05, 3.63) is 47.3 Å². The molecule has 24 heavy (non-hydrogen) atoms. The van der Waals surface area contributed by atoms with Gasteiger partial charge in [-0.3, -0.25) is 9.59 Å². The van der Waals surface area contributed by atoms with Gasteiger partial charge in [-0.2, -0.15) is 5.10 Å². The number of hydrogen-bond donors (Lipinski definition) is 2. The summed E-state index contributed by atoms with van der Waals surface area (Å²) in [6.45, 7) is 5.80. The van der Waals surface area contributed by atoms with Crippen molar-refractivity contribution < 1.29 is 14.7 Å². The summed E-state index contributed by atoms with van der Waals surface area (Å²) in [5, 5.41) is 15.9. The van der Waals surface area contributed by atoms with Gasteiger partial charge >= 0.3 is 5.97 Å². The number of carboxylic acids is 1. The number of nitrogens with one attached hydrogen (secondary N) is 1. The molecule has 0 radical (unpaired) electrons. The lowest BCUT2D eigenvalue weighted by atomic mass is 10.1. The maximum atomic E-state index is 12.5. The number of aromatic nitrogens is 2. The summed E-state index contributed by atoms with van der Waals surface area (Å²) < 4.78 is 1.77. The molecule has 1 atom stereocenters. The normalized spacial score (nSPS) is 12.0. The molecular weight excluding hydrogens is 306 g/mol. The lowest BCUT2D eigenvalue weighted by molar-refractivity contribution is -0.137. The smallest absolute Gasteiger partial charge is 0.303 e. The molecule has 0 fully saturated rings. The molecule has 1 heterocycles. The van der Waals surface area contributed by atoms with Gasteiger partial charge in [-0.1, -0.05) is 24.6 Å². The molecule has 0 aliphatic carbocycles. The molecule has 6 nitrogen and oxygen atoms in total. The molecule has 2 rings (SSSR count). The number of nitrogens with zero attached hydrogens (tertiary/aromatic N) is 2. The summed E-state index contributed by atoms with van der Waals surface area (Å²) in [6, 6.07) is 7.74. The van der Waals surface area contributed by atoms with Gasteiger partial charge in [-0.25, -0.2) is 4.68 Å². The summed E-state index contributed by atoms with van der Waals surface area (Å²) in [4.78, 5) is 23.1.